The van der Waals surface area contributed by atoms with E-state index in [4.69, 9.17) is 14.2 Å². The summed E-state index contributed by atoms with van der Waals surface area (Å²) in [4.78, 5) is 38.1. The Morgan fingerprint density at radius 1 is 0.299 bits per heavy atom. The minimum Gasteiger partial charge on any atom is -0.462 e. The van der Waals surface area contributed by atoms with Crippen molar-refractivity contribution in [1.82, 2.24) is 0 Å². The molecular weight excluding hydrogens is 829 g/mol. The predicted molar refractivity (Wildman–Crippen MR) is 288 cm³/mol. The molecule has 6 nitrogen and oxygen atoms in total. The maximum Gasteiger partial charge on any atom is 0.306 e. The van der Waals surface area contributed by atoms with Crippen LogP contribution in [0.3, 0.4) is 0 Å². The number of hydrogen-bond acceptors (Lipinski definition) is 6. The molecule has 67 heavy (non-hydrogen) atoms. The maximum atomic E-state index is 12.8. The van der Waals surface area contributed by atoms with Crippen molar-refractivity contribution in [2.75, 3.05) is 13.2 Å². The molecule has 0 aromatic heterocycles. The van der Waals surface area contributed by atoms with Gasteiger partial charge in [0, 0.05) is 19.3 Å². The molecule has 0 fully saturated rings. The molecule has 0 saturated heterocycles. The average Bonchev–Trinajstić information content (AvgIpc) is 3.33. The van der Waals surface area contributed by atoms with Gasteiger partial charge in [-0.1, -0.05) is 215 Å². The van der Waals surface area contributed by atoms with Crippen molar-refractivity contribution in [3.8, 4) is 0 Å². The molecule has 0 aromatic carbocycles. The summed E-state index contributed by atoms with van der Waals surface area (Å²) in [6.45, 7) is 6.52. The van der Waals surface area contributed by atoms with E-state index in [1.807, 2.05) is 0 Å². The number of esters is 3. The second kappa shape index (κ2) is 55.2. The molecule has 0 saturated carbocycles. The first kappa shape index (κ1) is 63.6. The van der Waals surface area contributed by atoms with Crippen molar-refractivity contribution >= 4 is 17.9 Å². The SMILES string of the molecule is CCCCC/C=C\C/C=C\C/C=C\C/C=C\CCCC(=O)O[C@H](COC(=O)CCCCCCC/C=C\CCCCCC)COC(=O)CCCCCCCCCCC/C=C\C/C=C\CCCCC. The van der Waals surface area contributed by atoms with Crippen LogP contribution in [-0.4, -0.2) is 37.2 Å². The van der Waals surface area contributed by atoms with E-state index in [9.17, 15) is 14.4 Å². The first-order valence-electron chi connectivity index (χ1n) is 28.1. The van der Waals surface area contributed by atoms with Gasteiger partial charge >= 0.3 is 17.9 Å². The van der Waals surface area contributed by atoms with Gasteiger partial charge in [0.2, 0.25) is 0 Å². The zero-order chi connectivity index (χ0) is 48.6. The summed E-state index contributed by atoms with van der Waals surface area (Å²) in [7, 11) is 0. The summed E-state index contributed by atoms with van der Waals surface area (Å²) in [5.74, 6) is -0.969. The largest absolute Gasteiger partial charge is 0.462 e. The van der Waals surface area contributed by atoms with Crippen LogP contribution in [0.4, 0.5) is 0 Å². The van der Waals surface area contributed by atoms with Gasteiger partial charge in [0.05, 0.1) is 0 Å². The molecule has 0 aromatic rings. The lowest BCUT2D eigenvalue weighted by molar-refractivity contribution is -0.167. The summed E-state index contributed by atoms with van der Waals surface area (Å²) in [6, 6.07) is 0. The predicted octanol–water partition coefficient (Wildman–Crippen LogP) is 18.8. The third kappa shape index (κ3) is 53.4. The highest BCUT2D eigenvalue weighted by Crippen LogP contribution is 2.14. The van der Waals surface area contributed by atoms with Crippen LogP contribution in [0, 0.1) is 0 Å². The van der Waals surface area contributed by atoms with Gasteiger partial charge in [-0.2, -0.15) is 0 Å². The van der Waals surface area contributed by atoms with Crippen molar-refractivity contribution in [2.24, 2.45) is 0 Å². The molecule has 0 radical (unpaired) electrons. The lowest BCUT2D eigenvalue weighted by Gasteiger charge is -2.18. The summed E-state index contributed by atoms with van der Waals surface area (Å²) < 4.78 is 16.8. The number of rotatable bonds is 50. The molecular formula is C61H104O6. The van der Waals surface area contributed by atoms with E-state index in [1.165, 1.54) is 135 Å². The van der Waals surface area contributed by atoms with Crippen LogP contribution >= 0.6 is 0 Å². The van der Waals surface area contributed by atoms with Gasteiger partial charge in [0.1, 0.15) is 13.2 Å². The van der Waals surface area contributed by atoms with Gasteiger partial charge < -0.3 is 14.2 Å². The van der Waals surface area contributed by atoms with Crippen molar-refractivity contribution in [3.63, 3.8) is 0 Å². The zero-order valence-electron chi connectivity index (χ0n) is 43.9. The van der Waals surface area contributed by atoms with E-state index in [-0.39, 0.29) is 37.5 Å². The van der Waals surface area contributed by atoms with Crippen molar-refractivity contribution in [3.05, 3.63) is 85.1 Å². The van der Waals surface area contributed by atoms with Gasteiger partial charge in [-0.15, -0.1) is 0 Å². The zero-order valence-corrected chi connectivity index (χ0v) is 43.9. The Balaban J connectivity index is 4.46. The Morgan fingerprint density at radius 3 is 0.925 bits per heavy atom. The van der Waals surface area contributed by atoms with Crippen LogP contribution in [0.25, 0.3) is 0 Å². The molecule has 0 amide bonds. The third-order valence-corrected chi connectivity index (χ3v) is 11.8. The van der Waals surface area contributed by atoms with E-state index >= 15 is 0 Å². The van der Waals surface area contributed by atoms with E-state index in [0.29, 0.717) is 19.3 Å². The minimum absolute atomic E-state index is 0.103. The lowest BCUT2D eigenvalue weighted by Crippen LogP contribution is -2.30. The number of carbonyl (C=O) groups excluding carboxylic acids is 3. The molecule has 384 valence electrons. The van der Waals surface area contributed by atoms with Gasteiger partial charge in [-0.05, 0) is 116 Å². The highest BCUT2D eigenvalue weighted by atomic mass is 16.6. The fourth-order valence-corrected chi connectivity index (χ4v) is 7.58. The first-order chi connectivity index (χ1) is 33.0. The fraction of sp³-hybridized carbons (Fsp3) is 0.721. The summed E-state index contributed by atoms with van der Waals surface area (Å²) in [6.07, 6.45) is 71.4. The Kier molecular flexibility index (Phi) is 52.4. The van der Waals surface area contributed by atoms with E-state index in [0.717, 1.165) is 83.5 Å². The second-order valence-corrected chi connectivity index (χ2v) is 18.5. The van der Waals surface area contributed by atoms with Gasteiger partial charge in [-0.25, -0.2) is 0 Å². The molecule has 0 rings (SSSR count). The first-order valence-corrected chi connectivity index (χ1v) is 28.1. The highest BCUT2D eigenvalue weighted by molar-refractivity contribution is 5.71. The van der Waals surface area contributed by atoms with E-state index in [2.05, 4.69) is 106 Å². The summed E-state index contributed by atoms with van der Waals surface area (Å²) in [5.41, 5.74) is 0. The van der Waals surface area contributed by atoms with Crippen molar-refractivity contribution in [2.45, 2.75) is 271 Å². The average molecular weight is 933 g/mol. The molecule has 0 bridgehead atoms. The molecule has 0 unspecified atom stereocenters. The van der Waals surface area contributed by atoms with E-state index < -0.39 is 6.10 Å². The molecule has 0 aliphatic carbocycles. The third-order valence-electron chi connectivity index (χ3n) is 11.8. The standard InChI is InChI=1S/C61H104O6/c1-4-7-10-13-16-19-22-25-27-29-30-32-33-36-39-42-45-48-51-54-60(63)66-57-58(56-65-59(62)53-50-47-44-41-38-35-24-21-18-15-12-9-6-3)67-61(64)55-52-49-46-43-40-37-34-31-28-26-23-20-17-14-11-8-5-2/h16-17,19-21,24-28,34,37,43,46,58H,4-15,18,22-23,29-33,35-36,38-42,44-45,47-57H2,1-3H3/b19-16-,20-17-,24-21-,27-25-,28-26-,37-34-,46-43-/t58-/m1/s1. The molecule has 0 aliphatic heterocycles. The van der Waals surface area contributed by atoms with Crippen LogP contribution in [0.1, 0.15) is 265 Å². The quantitative estimate of drug-likeness (QED) is 0.0262. The molecule has 0 heterocycles. The van der Waals surface area contributed by atoms with Crippen molar-refractivity contribution < 1.29 is 28.6 Å². The topological polar surface area (TPSA) is 78.9 Å². The molecule has 1 atom stereocenters. The summed E-state index contributed by atoms with van der Waals surface area (Å²) in [5, 5.41) is 0. The van der Waals surface area contributed by atoms with Crippen LogP contribution in [-0.2, 0) is 28.6 Å². The molecule has 6 heteroatoms. The summed E-state index contributed by atoms with van der Waals surface area (Å²) >= 11 is 0. The van der Waals surface area contributed by atoms with Crippen LogP contribution in [0.2, 0.25) is 0 Å². The molecule has 0 spiro atoms. The van der Waals surface area contributed by atoms with Crippen LogP contribution in [0.5, 0.6) is 0 Å². The Morgan fingerprint density at radius 2 is 0.552 bits per heavy atom. The highest BCUT2D eigenvalue weighted by Gasteiger charge is 2.19. The van der Waals surface area contributed by atoms with Crippen LogP contribution < -0.4 is 0 Å². The number of allylic oxidation sites excluding steroid dienone is 14. The fourth-order valence-electron chi connectivity index (χ4n) is 7.58. The van der Waals surface area contributed by atoms with Gasteiger partial charge in [-0.3, -0.25) is 14.4 Å². The number of carbonyl (C=O) groups is 3. The molecule has 0 N–H and O–H groups in total. The number of hydrogen-bond donors (Lipinski definition) is 0. The minimum atomic E-state index is -0.810. The lowest BCUT2D eigenvalue weighted by atomic mass is 10.1. The van der Waals surface area contributed by atoms with E-state index in [1.54, 1.807) is 0 Å². The normalized spacial score (nSPS) is 12.7. The number of unbranched alkanes of at least 4 members (excludes halogenated alkanes) is 25. The second-order valence-electron chi connectivity index (χ2n) is 18.5. The Labute approximate surface area is 414 Å². The van der Waals surface area contributed by atoms with Crippen LogP contribution in [0.15, 0.2) is 85.1 Å². The smallest absolute Gasteiger partial charge is 0.306 e. The Bertz CT molecular complexity index is 1300. The molecule has 0 aliphatic rings. The monoisotopic (exact) mass is 933 g/mol. The Hall–Kier alpha value is -3.41. The number of ether oxygens (including phenoxy) is 3. The van der Waals surface area contributed by atoms with Gasteiger partial charge in [0.25, 0.3) is 0 Å². The maximum absolute atomic E-state index is 12.8. The van der Waals surface area contributed by atoms with Gasteiger partial charge in [0.15, 0.2) is 6.10 Å². The van der Waals surface area contributed by atoms with Crippen molar-refractivity contribution in [1.29, 1.82) is 0 Å².